The van der Waals surface area contributed by atoms with E-state index in [0.717, 1.165) is 37.5 Å². The van der Waals surface area contributed by atoms with E-state index < -0.39 is 8.32 Å². The highest BCUT2D eigenvalue weighted by molar-refractivity contribution is 6.74. The third-order valence-corrected chi connectivity index (χ3v) is 13.1. The maximum Gasteiger partial charge on any atom is 0.192 e. The number of carbonyl (C=O) groups is 1. The molecular weight excluding hydrogens is 348 g/mol. The second-order valence-corrected chi connectivity index (χ2v) is 16.8. The molecular formula is C24H46O2Si. The van der Waals surface area contributed by atoms with Crippen molar-refractivity contribution >= 4 is 14.1 Å². The fourth-order valence-corrected chi connectivity index (χ4v) is 7.64. The average molecular weight is 395 g/mol. The molecule has 0 aromatic carbocycles. The van der Waals surface area contributed by atoms with Crippen molar-refractivity contribution in [2.24, 2.45) is 23.2 Å². The minimum atomic E-state index is -1.72. The van der Waals surface area contributed by atoms with Gasteiger partial charge in [-0.2, -0.15) is 0 Å². The molecule has 1 unspecified atom stereocenters. The Morgan fingerprint density at radius 3 is 2.41 bits per heavy atom. The maximum atomic E-state index is 12.4. The lowest BCUT2D eigenvalue weighted by molar-refractivity contribution is -0.130. The van der Waals surface area contributed by atoms with Crippen molar-refractivity contribution in [2.75, 3.05) is 0 Å². The van der Waals surface area contributed by atoms with E-state index in [4.69, 9.17) is 4.43 Å². The second-order valence-electron chi connectivity index (χ2n) is 12.1. The number of carbonyl (C=O) groups excluding carboxylic acids is 1. The Hall–Kier alpha value is -0.153. The summed E-state index contributed by atoms with van der Waals surface area (Å²) in [5.74, 6) is 2.37. The molecule has 0 aliphatic heterocycles. The molecule has 3 heteroatoms. The summed E-state index contributed by atoms with van der Waals surface area (Å²) in [7, 11) is -1.72. The molecule has 27 heavy (non-hydrogen) atoms. The normalized spacial score (nSPS) is 31.1. The van der Waals surface area contributed by atoms with Crippen LogP contribution in [0, 0.1) is 23.2 Å². The smallest absolute Gasteiger partial charge is 0.192 e. The summed E-state index contributed by atoms with van der Waals surface area (Å²) in [6.07, 6.45) is 9.25. The zero-order chi connectivity index (χ0) is 20.7. The third-order valence-electron chi connectivity index (χ3n) is 8.40. The van der Waals surface area contributed by atoms with Gasteiger partial charge in [0, 0.05) is 12.3 Å². The van der Waals surface area contributed by atoms with Crippen molar-refractivity contribution < 1.29 is 9.22 Å². The SMILES string of the molecule is C[C@H](CCCC(C)(C)O[Si](C)(C)C(C)(C)C)[C@H]1CCC2C(=O)CCC[C@@]21C. The van der Waals surface area contributed by atoms with Crippen LogP contribution in [0.4, 0.5) is 0 Å². The number of hydrogen-bond acceptors (Lipinski definition) is 2. The summed E-state index contributed by atoms with van der Waals surface area (Å²) in [6.45, 7) is 21.1. The predicted molar refractivity (Wildman–Crippen MR) is 119 cm³/mol. The lowest BCUT2D eigenvalue weighted by atomic mass is 9.62. The molecule has 0 saturated heterocycles. The van der Waals surface area contributed by atoms with Gasteiger partial charge in [-0.1, -0.05) is 47.5 Å². The zero-order valence-electron chi connectivity index (χ0n) is 19.7. The summed E-state index contributed by atoms with van der Waals surface area (Å²) in [4.78, 5) is 12.4. The monoisotopic (exact) mass is 394 g/mol. The Kier molecular flexibility index (Phi) is 6.80. The van der Waals surface area contributed by atoms with Gasteiger partial charge in [-0.25, -0.2) is 0 Å². The van der Waals surface area contributed by atoms with Crippen molar-refractivity contribution in [2.45, 2.75) is 124 Å². The van der Waals surface area contributed by atoms with Gasteiger partial charge in [0.15, 0.2) is 8.32 Å². The van der Waals surface area contributed by atoms with E-state index in [0.29, 0.717) is 11.7 Å². The van der Waals surface area contributed by atoms with Crippen LogP contribution in [0.25, 0.3) is 0 Å². The fraction of sp³-hybridized carbons (Fsp3) is 0.958. The predicted octanol–water partition coefficient (Wildman–Crippen LogP) is 7.38. The highest BCUT2D eigenvalue weighted by Gasteiger charge is 2.52. The van der Waals surface area contributed by atoms with Crippen molar-refractivity contribution in [1.29, 1.82) is 0 Å². The first-order valence-corrected chi connectivity index (χ1v) is 14.3. The van der Waals surface area contributed by atoms with Crippen LogP contribution in [0.15, 0.2) is 0 Å². The molecule has 158 valence electrons. The first-order chi connectivity index (χ1) is 12.2. The van der Waals surface area contributed by atoms with Crippen LogP contribution in [0.3, 0.4) is 0 Å². The van der Waals surface area contributed by atoms with Gasteiger partial charge in [0.05, 0.1) is 5.60 Å². The van der Waals surface area contributed by atoms with E-state index >= 15 is 0 Å². The van der Waals surface area contributed by atoms with Gasteiger partial charge in [0.25, 0.3) is 0 Å². The van der Waals surface area contributed by atoms with Crippen LogP contribution in [0.5, 0.6) is 0 Å². The van der Waals surface area contributed by atoms with Crippen molar-refractivity contribution in [3.63, 3.8) is 0 Å². The highest BCUT2D eigenvalue weighted by Crippen LogP contribution is 2.57. The molecule has 0 aromatic rings. The van der Waals surface area contributed by atoms with E-state index in [1.54, 1.807) is 0 Å². The van der Waals surface area contributed by atoms with Gasteiger partial charge >= 0.3 is 0 Å². The minimum absolute atomic E-state index is 0.0361. The molecule has 2 fully saturated rings. The van der Waals surface area contributed by atoms with Crippen LogP contribution >= 0.6 is 0 Å². The Morgan fingerprint density at radius 1 is 1.19 bits per heavy atom. The molecule has 0 aromatic heterocycles. The average Bonchev–Trinajstić information content (AvgIpc) is 2.83. The maximum absolute atomic E-state index is 12.4. The first kappa shape index (κ1) is 23.1. The van der Waals surface area contributed by atoms with Crippen LogP contribution in [-0.4, -0.2) is 19.7 Å². The topological polar surface area (TPSA) is 26.3 Å². The Bertz CT molecular complexity index is 531. The van der Waals surface area contributed by atoms with Gasteiger partial charge in [0.2, 0.25) is 0 Å². The van der Waals surface area contributed by atoms with Crippen molar-refractivity contribution in [1.82, 2.24) is 0 Å². The second kappa shape index (κ2) is 7.93. The van der Waals surface area contributed by atoms with Gasteiger partial charge in [-0.15, -0.1) is 0 Å². The Balaban J connectivity index is 1.89. The lowest BCUT2D eigenvalue weighted by Gasteiger charge is -2.43. The third kappa shape index (κ3) is 5.07. The quantitative estimate of drug-likeness (QED) is 0.421. The molecule has 0 heterocycles. The van der Waals surface area contributed by atoms with Gasteiger partial charge in [0.1, 0.15) is 5.78 Å². The van der Waals surface area contributed by atoms with Crippen molar-refractivity contribution in [3.05, 3.63) is 0 Å². The number of hydrogen-bond donors (Lipinski definition) is 0. The number of ketones is 1. The number of rotatable bonds is 7. The molecule has 0 radical (unpaired) electrons. The Labute approximate surface area is 170 Å². The van der Waals surface area contributed by atoms with E-state index in [1.165, 1.54) is 25.7 Å². The molecule has 2 nitrogen and oxygen atoms in total. The minimum Gasteiger partial charge on any atom is -0.412 e. The first-order valence-electron chi connectivity index (χ1n) is 11.4. The van der Waals surface area contributed by atoms with Crippen LogP contribution in [0.2, 0.25) is 18.1 Å². The van der Waals surface area contributed by atoms with E-state index in [9.17, 15) is 4.79 Å². The van der Waals surface area contributed by atoms with E-state index in [1.807, 2.05) is 0 Å². The molecule has 2 aliphatic rings. The van der Waals surface area contributed by atoms with Crippen molar-refractivity contribution in [3.8, 4) is 0 Å². The Morgan fingerprint density at radius 2 is 1.81 bits per heavy atom. The largest absolute Gasteiger partial charge is 0.412 e. The zero-order valence-corrected chi connectivity index (χ0v) is 20.7. The molecule has 2 saturated carbocycles. The number of fused-ring (bicyclic) bond motifs is 1. The summed E-state index contributed by atoms with van der Waals surface area (Å²) in [6, 6.07) is 0. The number of Topliss-reactive ketones (excluding diaryl/α,β-unsaturated/α-hetero) is 1. The summed E-state index contributed by atoms with van der Waals surface area (Å²) >= 11 is 0. The summed E-state index contributed by atoms with van der Waals surface area (Å²) < 4.78 is 6.71. The van der Waals surface area contributed by atoms with Gasteiger partial charge < -0.3 is 4.43 Å². The van der Waals surface area contributed by atoms with Gasteiger partial charge in [-0.05, 0) is 81.3 Å². The molecule has 2 aliphatic carbocycles. The van der Waals surface area contributed by atoms with Gasteiger partial charge in [-0.3, -0.25) is 4.79 Å². The van der Waals surface area contributed by atoms with E-state index in [-0.39, 0.29) is 16.1 Å². The molecule has 0 spiro atoms. The van der Waals surface area contributed by atoms with Crippen LogP contribution in [0.1, 0.15) is 99.8 Å². The van der Waals surface area contributed by atoms with Crippen LogP contribution < -0.4 is 0 Å². The summed E-state index contributed by atoms with van der Waals surface area (Å²) in [5.41, 5.74) is 0.244. The summed E-state index contributed by atoms with van der Waals surface area (Å²) in [5, 5.41) is 0.262. The lowest BCUT2D eigenvalue weighted by Crippen LogP contribution is -2.47. The molecule has 0 N–H and O–H groups in total. The van der Waals surface area contributed by atoms with Crippen LogP contribution in [-0.2, 0) is 9.22 Å². The molecule has 4 atom stereocenters. The fourth-order valence-electron chi connectivity index (χ4n) is 5.85. The van der Waals surface area contributed by atoms with E-state index in [2.05, 4.69) is 61.6 Å². The molecule has 0 amide bonds. The highest BCUT2D eigenvalue weighted by atomic mass is 28.4. The standard InChI is InChI=1S/C24H46O2Si/c1-18(19-14-15-20-21(25)13-11-17-24(19,20)7)12-10-16-23(5,6)26-27(8,9)22(2,3)4/h18-20H,10-17H2,1-9H3/t18-,19-,20?,24-/m1/s1. The molecule has 2 rings (SSSR count). The molecule has 0 bridgehead atoms.